The Labute approximate surface area is 99.6 Å². The highest BCUT2D eigenvalue weighted by molar-refractivity contribution is 6.40. The molecular weight excluding hydrogens is 255 g/mol. The van der Waals surface area contributed by atoms with Crippen LogP contribution in [0.5, 0.6) is 0 Å². The zero-order valence-corrected chi connectivity index (χ0v) is 9.18. The fraction of sp³-hybridized carbons (Fsp3) is 0. The van der Waals surface area contributed by atoms with Crippen molar-refractivity contribution in [3.05, 3.63) is 45.1 Å². The van der Waals surface area contributed by atoms with Crippen LogP contribution in [0.25, 0.3) is 5.82 Å². The Balaban J connectivity index is 2.64. The summed E-state index contributed by atoms with van der Waals surface area (Å²) in [6.07, 6.45) is 2.70. The second-order valence-corrected chi connectivity index (χ2v) is 3.52. The van der Waals surface area contributed by atoms with Crippen LogP contribution in [0.2, 0.25) is 10.3 Å². The zero-order chi connectivity index (χ0) is 11.7. The third-order valence-corrected chi connectivity index (χ3v) is 2.59. The maximum atomic E-state index is 10.8. The highest BCUT2D eigenvalue weighted by Gasteiger charge is 2.19. The minimum atomic E-state index is -0.549. The maximum Gasteiger partial charge on any atom is 0.312 e. The summed E-state index contributed by atoms with van der Waals surface area (Å²) >= 11 is 11.5. The predicted octanol–water partition coefficient (Wildman–Crippen LogP) is 2.48. The van der Waals surface area contributed by atoms with Crippen molar-refractivity contribution in [2.75, 3.05) is 0 Å². The third kappa shape index (κ3) is 1.72. The lowest BCUT2D eigenvalue weighted by Crippen LogP contribution is -2.01. The molecule has 0 saturated heterocycles. The van der Waals surface area contributed by atoms with Crippen LogP contribution in [0, 0.1) is 10.1 Å². The van der Waals surface area contributed by atoms with Crippen LogP contribution in [0.1, 0.15) is 0 Å². The van der Waals surface area contributed by atoms with E-state index in [0.29, 0.717) is 0 Å². The van der Waals surface area contributed by atoms with Crippen molar-refractivity contribution in [1.82, 2.24) is 14.5 Å². The van der Waals surface area contributed by atoms with Crippen LogP contribution < -0.4 is 0 Å². The van der Waals surface area contributed by atoms with Gasteiger partial charge in [-0.1, -0.05) is 23.2 Å². The summed E-state index contributed by atoms with van der Waals surface area (Å²) in [5.41, 5.74) is -0.168. The van der Waals surface area contributed by atoms with Gasteiger partial charge < -0.3 is 0 Å². The highest BCUT2D eigenvalue weighted by atomic mass is 35.5. The molecule has 0 atom stereocenters. The lowest BCUT2D eigenvalue weighted by Gasteiger charge is -2.02. The van der Waals surface area contributed by atoms with Gasteiger partial charge in [0.2, 0.25) is 5.82 Å². The molecule has 0 saturated carbocycles. The van der Waals surface area contributed by atoms with E-state index in [0.717, 1.165) is 0 Å². The van der Waals surface area contributed by atoms with E-state index in [9.17, 15) is 10.1 Å². The van der Waals surface area contributed by atoms with Gasteiger partial charge in [-0.2, -0.15) is 0 Å². The Morgan fingerprint density at radius 3 is 2.69 bits per heavy atom. The van der Waals surface area contributed by atoms with Gasteiger partial charge in [0, 0.05) is 12.3 Å². The minimum absolute atomic E-state index is 0.0709. The molecule has 0 aliphatic heterocycles. The van der Waals surface area contributed by atoms with Gasteiger partial charge in [-0.05, 0) is 6.07 Å². The van der Waals surface area contributed by atoms with E-state index in [1.807, 2.05) is 0 Å². The second kappa shape index (κ2) is 4.07. The number of hydrogen-bond acceptors (Lipinski definition) is 4. The third-order valence-electron chi connectivity index (χ3n) is 1.86. The first kappa shape index (κ1) is 10.8. The SMILES string of the molecule is O=[N+]([O-])c1cccnc1-n1cnc(Cl)c1Cl. The quantitative estimate of drug-likeness (QED) is 0.613. The number of nitrogens with zero attached hydrogens (tertiary/aromatic N) is 4. The van der Waals surface area contributed by atoms with Crippen LogP contribution in [-0.2, 0) is 0 Å². The molecule has 0 N–H and O–H groups in total. The number of aromatic nitrogens is 3. The van der Waals surface area contributed by atoms with Crippen LogP contribution >= 0.6 is 23.2 Å². The van der Waals surface area contributed by atoms with E-state index < -0.39 is 4.92 Å². The fourth-order valence-electron chi connectivity index (χ4n) is 1.18. The molecule has 0 aliphatic rings. The van der Waals surface area contributed by atoms with Gasteiger partial charge in [0.25, 0.3) is 0 Å². The number of pyridine rings is 1. The molecule has 0 fully saturated rings. The first-order chi connectivity index (χ1) is 7.61. The standard InChI is InChI=1S/C8H4Cl2N4O2/c9-6-7(10)13(4-12-6)8-5(14(15)16)2-1-3-11-8/h1-4H. The average Bonchev–Trinajstić information content (AvgIpc) is 2.60. The summed E-state index contributed by atoms with van der Waals surface area (Å²) in [5.74, 6) is 0.0805. The van der Waals surface area contributed by atoms with Crippen molar-refractivity contribution in [3.8, 4) is 5.82 Å². The fourth-order valence-corrected chi connectivity index (χ4v) is 1.48. The van der Waals surface area contributed by atoms with E-state index >= 15 is 0 Å². The largest absolute Gasteiger partial charge is 0.312 e. The summed E-state index contributed by atoms with van der Waals surface area (Å²) in [7, 11) is 0. The Kier molecular flexibility index (Phi) is 2.76. The van der Waals surface area contributed by atoms with Crippen molar-refractivity contribution in [3.63, 3.8) is 0 Å². The number of rotatable bonds is 2. The Hall–Kier alpha value is -1.66. The summed E-state index contributed by atoms with van der Waals surface area (Å²) < 4.78 is 1.25. The van der Waals surface area contributed by atoms with Crippen molar-refractivity contribution < 1.29 is 4.92 Å². The van der Waals surface area contributed by atoms with E-state index in [1.54, 1.807) is 0 Å². The minimum Gasteiger partial charge on any atom is -0.266 e. The molecule has 0 radical (unpaired) electrons. The van der Waals surface area contributed by atoms with E-state index in [1.165, 1.54) is 29.2 Å². The first-order valence-electron chi connectivity index (χ1n) is 4.09. The Morgan fingerprint density at radius 1 is 1.38 bits per heavy atom. The van der Waals surface area contributed by atoms with Crippen molar-refractivity contribution in [2.24, 2.45) is 0 Å². The van der Waals surface area contributed by atoms with Gasteiger partial charge in [0.05, 0.1) is 4.92 Å². The van der Waals surface area contributed by atoms with Gasteiger partial charge in [-0.15, -0.1) is 0 Å². The molecule has 8 heteroatoms. The lowest BCUT2D eigenvalue weighted by atomic mass is 10.4. The topological polar surface area (TPSA) is 73.8 Å². The molecule has 0 spiro atoms. The van der Waals surface area contributed by atoms with Crippen molar-refractivity contribution in [1.29, 1.82) is 0 Å². The molecule has 2 rings (SSSR count). The molecule has 0 unspecified atom stereocenters. The van der Waals surface area contributed by atoms with E-state index in [4.69, 9.17) is 23.2 Å². The second-order valence-electron chi connectivity index (χ2n) is 2.80. The molecule has 82 valence electrons. The zero-order valence-electron chi connectivity index (χ0n) is 7.67. The lowest BCUT2D eigenvalue weighted by molar-refractivity contribution is -0.384. The molecule has 2 aromatic rings. The molecule has 0 bridgehead atoms. The summed E-state index contributed by atoms with van der Waals surface area (Å²) in [6.45, 7) is 0. The molecule has 2 aromatic heterocycles. The van der Waals surface area contributed by atoms with Crippen LogP contribution in [0.4, 0.5) is 5.69 Å². The smallest absolute Gasteiger partial charge is 0.266 e. The molecule has 0 aromatic carbocycles. The number of nitro groups is 1. The summed E-state index contributed by atoms with van der Waals surface area (Å²) in [4.78, 5) is 17.8. The highest BCUT2D eigenvalue weighted by Crippen LogP contribution is 2.27. The Morgan fingerprint density at radius 2 is 2.12 bits per heavy atom. The number of hydrogen-bond donors (Lipinski definition) is 0. The van der Waals surface area contributed by atoms with Gasteiger partial charge >= 0.3 is 5.69 Å². The monoisotopic (exact) mass is 258 g/mol. The maximum absolute atomic E-state index is 10.8. The van der Waals surface area contributed by atoms with Gasteiger partial charge in [0.15, 0.2) is 10.3 Å². The average molecular weight is 259 g/mol. The van der Waals surface area contributed by atoms with Crippen LogP contribution in [0.3, 0.4) is 0 Å². The normalized spacial score (nSPS) is 10.4. The summed E-state index contributed by atoms with van der Waals surface area (Å²) in [5, 5.41) is 10.9. The van der Waals surface area contributed by atoms with Gasteiger partial charge in [-0.3, -0.25) is 14.7 Å². The predicted molar refractivity (Wildman–Crippen MR) is 58.0 cm³/mol. The summed E-state index contributed by atoms with van der Waals surface area (Å²) in [6, 6.07) is 2.79. The van der Waals surface area contributed by atoms with Crippen LogP contribution in [0.15, 0.2) is 24.7 Å². The molecule has 0 aliphatic carbocycles. The van der Waals surface area contributed by atoms with Gasteiger partial charge in [0.1, 0.15) is 6.33 Å². The molecule has 16 heavy (non-hydrogen) atoms. The number of halogens is 2. The molecule has 0 amide bonds. The molecule has 6 nitrogen and oxygen atoms in total. The molecule has 2 heterocycles. The van der Waals surface area contributed by atoms with Gasteiger partial charge in [-0.25, -0.2) is 9.97 Å². The van der Waals surface area contributed by atoms with E-state index in [2.05, 4.69) is 9.97 Å². The van der Waals surface area contributed by atoms with E-state index in [-0.39, 0.29) is 21.8 Å². The van der Waals surface area contributed by atoms with Crippen LogP contribution in [-0.4, -0.2) is 19.5 Å². The number of imidazole rings is 1. The van der Waals surface area contributed by atoms with Crippen molar-refractivity contribution >= 4 is 28.9 Å². The van der Waals surface area contributed by atoms with Crippen molar-refractivity contribution in [2.45, 2.75) is 0 Å². The molecular formula is C8H4Cl2N4O2. The first-order valence-corrected chi connectivity index (χ1v) is 4.85. The Bertz CT molecular complexity index is 555.